The predicted molar refractivity (Wildman–Crippen MR) is 73.7 cm³/mol. The molecule has 0 bridgehead atoms. The molecule has 0 aliphatic rings. The summed E-state index contributed by atoms with van der Waals surface area (Å²) in [5.41, 5.74) is -0.109. The third-order valence-electron chi connectivity index (χ3n) is 2.06. The number of anilines is 1. The topological polar surface area (TPSA) is 93.8 Å². The Morgan fingerprint density at radius 1 is 1.53 bits per heavy atom. The standard InChI is InChI=1S/C10H11N5O2S2/c1-2-3-11-9-13-6-7(15(16)17)8(14-9)19-10-12-4-5-18-10/h4-6H,2-3H2,1H3,(H,11,13,14). The Balaban J connectivity index is 2.27. The van der Waals surface area contributed by atoms with Crippen molar-refractivity contribution in [2.24, 2.45) is 0 Å². The van der Waals surface area contributed by atoms with Crippen molar-refractivity contribution in [3.05, 3.63) is 27.9 Å². The first-order valence-electron chi connectivity index (χ1n) is 5.53. The van der Waals surface area contributed by atoms with Crippen LogP contribution >= 0.6 is 23.1 Å². The monoisotopic (exact) mass is 297 g/mol. The van der Waals surface area contributed by atoms with Gasteiger partial charge in [-0.2, -0.15) is 4.98 Å². The highest BCUT2D eigenvalue weighted by Gasteiger charge is 2.19. The Morgan fingerprint density at radius 3 is 3.00 bits per heavy atom. The zero-order valence-corrected chi connectivity index (χ0v) is 11.7. The van der Waals surface area contributed by atoms with Crippen molar-refractivity contribution in [2.45, 2.75) is 22.7 Å². The van der Waals surface area contributed by atoms with Gasteiger partial charge in [0, 0.05) is 18.1 Å². The van der Waals surface area contributed by atoms with Crippen LogP contribution in [0.4, 0.5) is 11.6 Å². The Bertz CT molecular complexity index is 561. The van der Waals surface area contributed by atoms with Crippen LogP contribution in [0, 0.1) is 10.1 Å². The quantitative estimate of drug-likeness (QED) is 0.497. The molecule has 0 unspecified atom stereocenters. The fourth-order valence-corrected chi connectivity index (χ4v) is 2.82. The highest BCUT2D eigenvalue weighted by Crippen LogP contribution is 2.34. The molecule has 0 fully saturated rings. The fourth-order valence-electron chi connectivity index (χ4n) is 1.23. The van der Waals surface area contributed by atoms with E-state index in [-0.39, 0.29) is 5.69 Å². The first-order valence-corrected chi connectivity index (χ1v) is 7.23. The Kier molecular flexibility index (Phi) is 4.63. The van der Waals surface area contributed by atoms with Gasteiger partial charge in [0.1, 0.15) is 6.20 Å². The lowest BCUT2D eigenvalue weighted by molar-refractivity contribution is -0.388. The molecule has 0 spiro atoms. The van der Waals surface area contributed by atoms with Crippen LogP contribution in [-0.4, -0.2) is 26.4 Å². The maximum atomic E-state index is 11.0. The maximum absolute atomic E-state index is 11.0. The maximum Gasteiger partial charge on any atom is 0.320 e. The summed E-state index contributed by atoms with van der Waals surface area (Å²) < 4.78 is 0.711. The molecule has 0 saturated carbocycles. The van der Waals surface area contributed by atoms with E-state index in [0.717, 1.165) is 13.0 Å². The molecule has 0 aliphatic carbocycles. The van der Waals surface area contributed by atoms with Gasteiger partial charge in [-0.05, 0) is 18.2 Å². The van der Waals surface area contributed by atoms with E-state index in [1.165, 1.54) is 29.3 Å². The normalized spacial score (nSPS) is 10.4. The van der Waals surface area contributed by atoms with Crippen LogP contribution in [0.5, 0.6) is 0 Å². The predicted octanol–water partition coefficient (Wildman–Crippen LogP) is 2.81. The van der Waals surface area contributed by atoms with Gasteiger partial charge in [-0.3, -0.25) is 10.1 Å². The second-order valence-electron chi connectivity index (χ2n) is 3.47. The van der Waals surface area contributed by atoms with Crippen molar-refractivity contribution in [2.75, 3.05) is 11.9 Å². The lowest BCUT2D eigenvalue weighted by Gasteiger charge is -2.04. The Labute approximate surface area is 117 Å². The summed E-state index contributed by atoms with van der Waals surface area (Å²) in [6.07, 6.45) is 3.80. The van der Waals surface area contributed by atoms with Gasteiger partial charge in [0.05, 0.1) is 4.92 Å². The Morgan fingerprint density at radius 2 is 2.37 bits per heavy atom. The number of nitrogens with one attached hydrogen (secondary N) is 1. The van der Waals surface area contributed by atoms with E-state index in [1.54, 1.807) is 6.20 Å². The van der Waals surface area contributed by atoms with Crippen molar-refractivity contribution in [1.29, 1.82) is 0 Å². The van der Waals surface area contributed by atoms with Crippen molar-refractivity contribution in [3.63, 3.8) is 0 Å². The highest BCUT2D eigenvalue weighted by molar-refractivity contribution is 8.01. The molecule has 0 aromatic carbocycles. The van der Waals surface area contributed by atoms with E-state index >= 15 is 0 Å². The molecule has 7 nitrogen and oxygen atoms in total. The van der Waals surface area contributed by atoms with Gasteiger partial charge in [-0.1, -0.05) is 6.92 Å². The number of thiazole rings is 1. The van der Waals surface area contributed by atoms with E-state index < -0.39 is 4.92 Å². The van der Waals surface area contributed by atoms with Crippen LogP contribution < -0.4 is 5.32 Å². The molecule has 0 atom stereocenters. The average molecular weight is 297 g/mol. The summed E-state index contributed by atoms with van der Waals surface area (Å²) >= 11 is 2.58. The van der Waals surface area contributed by atoms with Gasteiger partial charge in [0.15, 0.2) is 9.37 Å². The van der Waals surface area contributed by atoms with Crippen LogP contribution in [-0.2, 0) is 0 Å². The molecule has 0 amide bonds. The van der Waals surface area contributed by atoms with Gasteiger partial charge < -0.3 is 5.32 Å². The molecule has 2 aromatic heterocycles. The molecule has 1 N–H and O–H groups in total. The highest BCUT2D eigenvalue weighted by atomic mass is 32.2. The molecular weight excluding hydrogens is 286 g/mol. The van der Waals surface area contributed by atoms with Gasteiger partial charge in [-0.25, -0.2) is 9.97 Å². The number of nitrogens with zero attached hydrogens (tertiary/aromatic N) is 4. The number of aromatic nitrogens is 3. The van der Waals surface area contributed by atoms with Crippen LogP contribution in [0.2, 0.25) is 0 Å². The zero-order chi connectivity index (χ0) is 13.7. The minimum absolute atomic E-state index is 0.109. The number of hydrogen-bond acceptors (Lipinski definition) is 8. The molecule has 0 aliphatic heterocycles. The van der Waals surface area contributed by atoms with Crippen LogP contribution in [0.1, 0.15) is 13.3 Å². The van der Waals surface area contributed by atoms with E-state index in [2.05, 4.69) is 20.3 Å². The average Bonchev–Trinajstić information content (AvgIpc) is 2.89. The van der Waals surface area contributed by atoms with E-state index in [4.69, 9.17) is 0 Å². The van der Waals surface area contributed by atoms with Gasteiger partial charge in [0.25, 0.3) is 0 Å². The zero-order valence-electron chi connectivity index (χ0n) is 10.1. The minimum atomic E-state index is -0.487. The first kappa shape index (κ1) is 13.7. The lowest BCUT2D eigenvalue weighted by Crippen LogP contribution is -2.06. The molecule has 0 saturated heterocycles. The minimum Gasteiger partial charge on any atom is -0.354 e. The smallest absolute Gasteiger partial charge is 0.320 e. The second-order valence-corrected chi connectivity index (χ2v) is 5.60. The molecule has 2 heterocycles. The van der Waals surface area contributed by atoms with E-state index in [0.29, 0.717) is 15.3 Å². The first-order chi connectivity index (χ1) is 9.20. The summed E-state index contributed by atoms with van der Waals surface area (Å²) in [6.45, 7) is 2.74. The summed E-state index contributed by atoms with van der Waals surface area (Å²) in [5, 5.41) is 16.1. The molecule has 2 aromatic rings. The van der Waals surface area contributed by atoms with Gasteiger partial charge in [-0.15, -0.1) is 11.3 Å². The van der Waals surface area contributed by atoms with Crippen molar-refractivity contribution in [3.8, 4) is 0 Å². The van der Waals surface area contributed by atoms with E-state index in [1.807, 2.05) is 12.3 Å². The van der Waals surface area contributed by atoms with Crippen molar-refractivity contribution >= 4 is 34.7 Å². The van der Waals surface area contributed by atoms with Crippen molar-refractivity contribution < 1.29 is 4.92 Å². The van der Waals surface area contributed by atoms with Crippen LogP contribution in [0.25, 0.3) is 0 Å². The van der Waals surface area contributed by atoms with E-state index in [9.17, 15) is 10.1 Å². The molecule has 19 heavy (non-hydrogen) atoms. The summed E-state index contributed by atoms with van der Waals surface area (Å²) in [4.78, 5) is 22.7. The number of rotatable bonds is 6. The third-order valence-corrected chi connectivity index (χ3v) is 3.94. The lowest BCUT2D eigenvalue weighted by atomic mass is 10.5. The summed E-state index contributed by atoms with van der Waals surface area (Å²) in [5.74, 6) is 0.395. The SMILES string of the molecule is CCCNc1ncc([N+](=O)[O-])c(Sc2nccs2)n1. The largest absolute Gasteiger partial charge is 0.354 e. The van der Waals surface area contributed by atoms with Gasteiger partial charge >= 0.3 is 5.69 Å². The summed E-state index contributed by atoms with van der Waals surface area (Å²) in [6, 6.07) is 0. The summed E-state index contributed by atoms with van der Waals surface area (Å²) in [7, 11) is 0. The molecular formula is C10H11N5O2S2. The fraction of sp³-hybridized carbons (Fsp3) is 0.300. The molecule has 9 heteroatoms. The van der Waals surface area contributed by atoms with Gasteiger partial charge in [0.2, 0.25) is 5.95 Å². The molecule has 100 valence electrons. The van der Waals surface area contributed by atoms with Crippen LogP contribution in [0.3, 0.4) is 0 Å². The molecule has 2 rings (SSSR count). The second kappa shape index (κ2) is 6.43. The Hall–Kier alpha value is -1.74. The molecule has 0 radical (unpaired) electrons. The third kappa shape index (κ3) is 3.61. The number of nitro groups is 1. The van der Waals surface area contributed by atoms with Crippen LogP contribution in [0.15, 0.2) is 27.1 Å². The van der Waals surface area contributed by atoms with Crippen molar-refractivity contribution in [1.82, 2.24) is 15.0 Å². The number of hydrogen-bond donors (Lipinski definition) is 1.